The van der Waals surface area contributed by atoms with Gasteiger partial charge < -0.3 is 10.2 Å². The Morgan fingerprint density at radius 2 is 1.67 bits per heavy atom. The van der Waals surface area contributed by atoms with E-state index in [1.165, 1.54) is 24.6 Å². The van der Waals surface area contributed by atoms with E-state index in [1.807, 2.05) is 0 Å². The number of hydrazone groups is 1. The van der Waals surface area contributed by atoms with Crippen molar-refractivity contribution < 1.29 is 15.0 Å². The van der Waals surface area contributed by atoms with E-state index < -0.39 is 5.91 Å². The van der Waals surface area contributed by atoms with E-state index in [-0.39, 0.29) is 17.1 Å². The number of hydrogen-bond acceptors (Lipinski definition) is 4. The van der Waals surface area contributed by atoms with Crippen molar-refractivity contribution in [2.24, 2.45) is 5.10 Å². The summed E-state index contributed by atoms with van der Waals surface area (Å²) >= 11 is 0. The summed E-state index contributed by atoms with van der Waals surface area (Å²) in [6.45, 7) is 0. The Labute approximate surface area is 105 Å². The Balaban J connectivity index is 2.02. The third-order valence-corrected chi connectivity index (χ3v) is 2.91. The molecule has 5 heteroatoms. The molecule has 0 radical (unpaired) electrons. The minimum Gasteiger partial charge on any atom is -0.508 e. The van der Waals surface area contributed by atoms with Crippen molar-refractivity contribution in [2.75, 3.05) is 0 Å². The highest BCUT2D eigenvalue weighted by Crippen LogP contribution is 2.20. The molecule has 1 saturated carbocycles. The van der Waals surface area contributed by atoms with Gasteiger partial charge in [0.25, 0.3) is 5.91 Å². The molecule has 1 fully saturated rings. The lowest BCUT2D eigenvalue weighted by Gasteiger charge is -2.12. The first-order chi connectivity index (χ1) is 8.65. The number of phenols is 2. The van der Waals surface area contributed by atoms with Gasteiger partial charge in [0.2, 0.25) is 0 Å². The Morgan fingerprint density at radius 3 is 2.28 bits per heavy atom. The molecule has 0 aliphatic heterocycles. The fourth-order valence-electron chi connectivity index (χ4n) is 1.99. The number of carbonyl (C=O) groups is 1. The molecular formula is C13H16N2O3. The minimum absolute atomic E-state index is 0.148. The molecule has 0 spiro atoms. The van der Waals surface area contributed by atoms with Gasteiger partial charge in [0, 0.05) is 17.3 Å². The number of aromatic hydroxyl groups is 2. The summed E-state index contributed by atoms with van der Waals surface area (Å²) < 4.78 is 0. The second kappa shape index (κ2) is 5.53. The first-order valence-corrected chi connectivity index (χ1v) is 6.04. The Kier molecular flexibility index (Phi) is 3.82. The smallest absolute Gasteiger partial charge is 0.271 e. The van der Waals surface area contributed by atoms with Crippen LogP contribution in [0.15, 0.2) is 23.3 Å². The SMILES string of the molecule is O=C(NN=C1CCCCC1)c1cc(O)cc(O)c1. The van der Waals surface area contributed by atoms with Gasteiger partial charge in [0.05, 0.1) is 0 Å². The summed E-state index contributed by atoms with van der Waals surface area (Å²) in [4.78, 5) is 11.8. The van der Waals surface area contributed by atoms with Gasteiger partial charge in [-0.15, -0.1) is 0 Å². The van der Waals surface area contributed by atoms with Crippen LogP contribution >= 0.6 is 0 Å². The van der Waals surface area contributed by atoms with Gasteiger partial charge in [-0.05, 0) is 37.8 Å². The molecule has 0 heterocycles. The van der Waals surface area contributed by atoms with Crippen molar-refractivity contribution in [3.63, 3.8) is 0 Å². The predicted octanol–water partition coefficient (Wildman–Crippen LogP) is 2.15. The van der Waals surface area contributed by atoms with E-state index in [1.54, 1.807) is 0 Å². The number of carbonyl (C=O) groups excluding carboxylic acids is 1. The largest absolute Gasteiger partial charge is 0.508 e. The van der Waals surface area contributed by atoms with Crippen LogP contribution in [0.2, 0.25) is 0 Å². The van der Waals surface area contributed by atoms with Gasteiger partial charge in [-0.3, -0.25) is 4.79 Å². The molecule has 3 N–H and O–H groups in total. The molecule has 1 aromatic rings. The van der Waals surface area contributed by atoms with E-state index in [0.717, 1.165) is 31.4 Å². The lowest BCUT2D eigenvalue weighted by atomic mass is 9.99. The van der Waals surface area contributed by atoms with Gasteiger partial charge in [-0.25, -0.2) is 5.43 Å². The van der Waals surface area contributed by atoms with Crippen molar-refractivity contribution in [3.8, 4) is 11.5 Å². The lowest BCUT2D eigenvalue weighted by molar-refractivity contribution is 0.0953. The zero-order valence-electron chi connectivity index (χ0n) is 10.0. The topological polar surface area (TPSA) is 81.9 Å². The lowest BCUT2D eigenvalue weighted by Crippen LogP contribution is -2.20. The van der Waals surface area contributed by atoms with E-state index in [2.05, 4.69) is 10.5 Å². The zero-order valence-corrected chi connectivity index (χ0v) is 10.0. The fraction of sp³-hybridized carbons (Fsp3) is 0.385. The van der Waals surface area contributed by atoms with Crippen molar-refractivity contribution in [3.05, 3.63) is 23.8 Å². The van der Waals surface area contributed by atoms with Crippen molar-refractivity contribution in [2.45, 2.75) is 32.1 Å². The number of rotatable bonds is 2. The predicted molar refractivity (Wildman–Crippen MR) is 67.8 cm³/mol. The first-order valence-electron chi connectivity index (χ1n) is 6.04. The molecule has 1 aromatic carbocycles. The van der Waals surface area contributed by atoms with E-state index in [0.29, 0.717) is 0 Å². The third kappa shape index (κ3) is 3.23. The van der Waals surface area contributed by atoms with E-state index in [4.69, 9.17) is 0 Å². The van der Waals surface area contributed by atoms with Crippen molar-refractivity contribution in [1.29, 1.82) is 0 Å². The highest BCUT2D eigenvalue weighted by Gasteiger charge is 2.10. The third-order valence-electron chi connectivity index (χ3n) is 2.91. The van der Waals surface area contributed by atoms with Crippen LogP contribution in [0.4, 0.5) is 0 Å². The van der Waals surface area contributed by atoms with Crippen LogP contribution < -0.4 is 5.43 Å². The summed E-state index contributed by atoms with van der Waals surface area (Å²) in [6, 6.07) is 3.75. The second-order valence-corrected chi connectivity index (χ2v) is 4.42. The summed E-state index contributed by atoms with van der Waals surface area (Å²) in [7, 11) is 0. The standard InChI is InChI=1S/C13H16N2O3/c16-11-6-9(7-12(17)8-11)13(18)15-14-10-4-2-1-3-5-10/h6-8,16-17H,1-5H2,(H,15,18). The van der Waals surface area contributed by atoms with Crippen LogP contribution in [0.5, 0.6) is 11.5 Å². The summed E-state index contributed by atoms with van der Waals surface area (Å²) in [5.41, 5.74) is 3.64. The van der Waals surface area contributed by atoms with Crippen molar-refractivity contribution >= 4 is 11.6 Å². The normalized spacial score (nSPS) is 15.2. The van der Waals surface area contributed by atoms with Gasteiger partial charge in [0.1, 0.15) is 11.5 Å². The number of nitrogens with one attached hydrogen (secondary N) is 1. The number of amides is 1. The molecule has 96 valence electrons. The van der Waals surface area contributed by atoms with Crippen LogP contribution in [-0.4, -0.2) is 21.8 Å². The monoisotopic (exact) mass is 248 g/mol. The second-order valence-electron chi connectivity index (χ2n) is 4.42. The molecule has 0 saturated heterocycles. The van der Waals surface area contributed by atoms with Crippen molar-refractivity contribution in [1.82, 2.24) is 5.43 Å². The summed E-state index contributed by atoms with van der Waals surface area (Å²) in [5, 5.41) is 22.6. The molecule has 1 aliphatic carbocycles. The Morgan fingerprint density at radius 1 is 1.06 bits per heavy atom. The highest BCUT2D eigenvalue weighted by molar-refractivity contribution is 5.96. The average molecular weight is 248 g/mol. The molecule has 0 atom stereocenters. The Bertz CT molecular complexity index is 455. The molecule has 0 unspecified atom stereocenters. The van der Waals surface area contributed by atoms with E-state index >= 15 is 0 Å². The van der Waals surface area contributed by atoms with E-state index in [9.17, 15) is 15.0 Å². The maximum Gasteiger partial charge on any atom is 0.271 e. The average Bonchev–Trinajstić information content (AvgIpc) is 2.36. The van der Waals surface area contributed by atoms with Gasteiger partial charge in [0.15, 0.2) is 0 Å². The van der Waals surface area contributed by atoms with Crippen LogP contribution in [0, 0.1) is 0 Å². The summed E-state index contributed by atoms with van der Waals surface area (Å²) in [5.74, 6) is -0.727. The fourth-order valence-corrected chi connectivity index (χ4v) is 1.99. The highest BCUT2D eigenvalue weighted by atomic mass is 16.3. The molecule has 1 amide bonds. The number of phenolic OH excluding ortho intramolecular Hbond substituents is 2. The van der Waals surface area contributed by atoms with Gasteiger partial charge in [-0.1, -0.05) is 6.42 Å². The molecular weight excluding hydrogens is 232 g/mol. The van der Waals surface area contributed by atoms with Crippen LogP contribution in [-0.2, 0) is 0 Å². The molecule has 5 nitrogen and oxygen atoms in total. The molecule has 1 aliphatic rings. The van der Waals surface area contributed by atoms with Gasteiger partial charge >= 0.3 is 0 Å². The number of nitrogens with zero attached hydrogens (tertiary/aromatic N) is 1. The van der Waals surface area contributed by atoms with Crippen LogP contribution in [0.1, 0.15) is 42.5 Å². The van der Waals surface area contributed by atoms with Crippen LogP contribution in [0.25, 0.3) is 0 Å². The number of hydrogen-bond donors (Lipinski definition) is 3. The minimum atomic E-state index is -0.431. The molecule has 0 aromatic heterocycles. The maximum absolute atomic E-state index is 11.8. The zero-order chi connectivity index (χ0) is 13.0. The first kappa shape index (κ1) is 12.4. The molecule has 18 heavy (non-hydrogen) atoms. The maximum atomic E-state index is 11.8. The number of benzene rings is 1. The van der Waals surface area contributed by atoms with Crippen LogP contribution in [0.3, 0.4) is 0 Å². The van der Waals surface area contributed by atoms with Gasteiger partial charge in [-0.2, -0.15) is 5.10 Å². The summed E-state index contributed by atoms with van der Waals surface area (Å²) in [6.07, 6.45) is 5.29. The Hall–Kier alpha value is -2.04. The molecule has 0 bridgehead atoms. The molecule has 2 rings (SSSR count). The quantitative estimate of drug-likeness (QED) is 0.701.